The van der Waals surface area contributed by atoms with Crippen LogP contribution in [0.1, 0.15) is 24.1 Å². The Balaban J connectivity index is 1.97. The predicted molar refractivity (Wildman–Crippen MR) is 98.6 cm³/mol. The summed E-state index contributed by atoms with van der Waals surface area (Å²) in [7, 11) is 0.971. The van der Waals surface area contributed by atoms with Crippen molar-refractivity contribution in [2.24, 2.45) is 0 Å². The molecule has 0 fully saturated rings. The summed E-state index contributed by atoms with van der Waals surface area (Å²) in [5.41, 5.74) is 2.12. The molecule has 0 aromatic heterocycles. The van der Waals surface area contributed by atoms with E-state index in [1.54, 1.807) is 19.2 Å². The Morgan fingerprint density at radius 3 is 2.35 bits per heavy atom. The molecule has 140 valence electrons. The molecule has 1 unspecified atom stereocenters. The first-order chi connectivity index (χ1) is 12.4. The highest BCUT2D eigenvalue weighted by atomic mass is 32.2. The summed E-state index contributed by atoms with van der Waals surface area (Å²) >= 11 is 0. The Hall–Kier alpha value is -2.25. The third-order valence-corrected chi connectivity index (χ3v) is 6.76. The molecule has 3 rings (SSSR count). The Bertz CT molecular complexity index is 910. The Kier molecular flexibility index (Phi) is 5.11. The van der Waals surface area contributed by atoms with Gasteiger partial charge in [-0.25, -0.2) is 8.42 Å². The summed E-state index contributed by atoms with van der Waals surface area (Å²) in [5, 5.41) is 0. The number of sulfonamides is 1. The molecule has 2 aromatic rings. The maximum absolute atomic E-state index is 13.2. The number of methoxy groups -OCH3 is 3. The normalized spacial score (nSPS) is 17.5. The second kappa shape index (κ2) is 7.17. The van der Waals surface area contributed by atoms with Crippen LogP contribution in [-0.4, -0.2) is 40.6 Å². The maximum atomic E-state index is 13.2. The Morgan fingerprint density at radius 2 is 1.69 bits per heavy atom. The van der Waals surface area contributed by atoms with E-state index in [-0.39, 0.29) is 10.9 Å². The number of hydrogen-bond donors (Lipinski definition) is 0. The third kappa shape index (κ3) is 3.12. The summed E-state index contributed by atoms with van der Waals surface area (Å²) in [6.45, 7) is 2.32. The first-order valence-electron chi connectivity index (χ1n) is 8.33. The number of nitrogens with zero attached hydrogens (tertiary/aromatic N) is 1. The average molecular weight is 377 g/mol. The lowest BCUT2D eigenvalue weighted by atomic mass is 9.95. The molecule has 0 saturated carbocycles. The second-order valence-corrected chi connectivity index (χ2v) is 8.01. The molecule has 0 radical (unpaired) electrons. The molecule has 1 aliphatic heterocycles. The van der Waals surface area contributed by atoms with Crippen molar-refractivity contribution in [3.63, 3.8) is 0 Å². The van der Waals surface area contributed by atoms with Crippen molar-refractivity contribution < 1.29 is 22.6 Å². The van der Waals surface area contributed by atoms with Crippen LogP contribution in [-0.2, 0) is 16.4 Å². The van der Waals surface area contributed by atoms with Gasteiger partial charge in [0.25, 0.3) is 0 Å². The van der Waals surface area contributed by atoms with Crippen molar-refractivity contribution in [2.75, 3.05) is 27.9 Å². The molecule has 2 aromatic carbocycles. The van der Waals surface area contributed by atoms with Gasteiger partial charge in [-0.1, -0.05) is 6.07 Å². The summed E-state index contributed by atoms with van der Waals surface area (Å²) in [6.07, 6.45) is 0.642. The zero-order chi connectivity index (χ0) is 18.9. The quantitative estimate of drug-likeness (QED) is 0.801. The van der Waals surface area contributed by atoms with Crippen LogP contribution in [0.5, 0.6) is 17.2 Å². The second-order valence-electron chi connectivity index (χ2n) is 6.12. The molecule has 0 saturated heterocycles. The molecular weight excluding hydrogens is 354 g/mol. The van der Waals surface area contributed by atoms with Crippen LogP contribution < -0.4 is 14.2 Å². The number of rotatable bonds is 5. The molecule has 1 heterocycles. The maximum Gasteiger partial charge on any atom is 0.243 e. The van der Waals surface area contributed by atoms with Crippen molar-refractivity contribution in [1.29, 1.82) is 0 Å². The lowest BCUT2D eigenvalue weighted by Gasteiger charge is -2.34. The summed E-state index contributed by atoms with van der Waals surface area (Å²) in [6, 6.07) is 10.2. The van der Waals surface area contributed by atoms with Gasteiger partial charge in [0.2, 0.25) is 10.0 Å². The molecule has 6 nitrogen and oxygen atoms in total. The van der Waals surface area contributed by atoms with Crippen molar-refractivity contribution in [3.05, 3.63) is 47.5 Å². The summed E-state index contributed by atoms with van der Waals surface area (Å²) < 4.78 is 43.6. The molecule has 0 aliphatic carbocycles. The minimum Gasteiger partial charge on any atom is -0.497 e. The van der Waals surface area contributed by atoms with Crippen LogP contribution in [0.3, 0.4) is 0 Å². The van der Waals surface area contributed by atoms with E-state index in [2.05, 4.69) is 0 Å². The minimum atomic E-state index is -3.66. The number of benzene rings is 2. The molecule has 26 heavy (non-hydrogen) atoms. The smallest absolute Gasteiger partial charge is 0.243 e. The average Bonchev–Trinajstić information content (AvgIpc) is 2.66. The van der Waals surface area contributed by atoms with Crippen molar-refractivity contribution in [2.45, 2.75) is 24.3 Å². The predicted octanol–water partition coefficient (Wildman–Crippen LogP) is 3.02. The Morgan fingerprint density at radius 1 is 0.962 bits per heavy atom. The number of ether oxygens (including phenoxy) is 3. The monoisotopic (exact) mass is 377 g/mol. The number of fused-ring (bicyclic) bond motifs is 1. The van der Waals surface area contributed by atoms with E-state index in [0.717, 1.165) is 16.9 Å². The van der Waals surface area contributed by atoms with E-state index in [1.807, 2.05) is 25.1 Å². The van der Waals surface area contributed by atoms with Gasteiger partial charge in [-0.3, -0.25) is 0 Å². The molecule has 1 atom stereocenters. The summed E-state index contributed by atoms with van der Waals surface area (Å²) in [4.78, 5) is 0.193. The van der Waals surface area contributed by atoms with Crippen LogP contribution in [0.25, 0.3) is 0 Å². The molecule has 7 heteroatoms. The van der Waals surface area contributed by atoms with Crippen LogP contribution in [0.15, 0.2) is 41.3 Å². The van der Waals surface area contributed by atoms with Gasteiger partial charge < -0.3 is 14.2 Å². The van der Waals surface area contributed by atoms with E-state index in [0.29, 0.717) is 24.5 Å². The first kappa shape index (κ1) is 18.5. The highest BCUT2D eigenvalue weighted by molar-refractivity contribution is 7.89. The van der Waals surface area contributed by atoms with Gasteiger partial charge in [-0.2, -0.15) is 4.31 Å². The van der Waals surface area contributed by atoms with Crippen LogP contribution in [0, 0.1) is 0 Å². The van der Waals surface area contributed by atoms with E-state index >= 15 is 0 Å². The van der Waals surface area contributed by atoms with Gasteiger partial charge in [0.05, 0.1) is 26.2 Å². The van der Waals surface area contributed by atoms with Gasteiger partial charge >= 0.3 is 0 Å². The molecule has 0 amide bonds. The molecule has 0 spiro atoms. The van der Waals surface area contributed by atoms with E-state index in [4.69, 9.17) is 14.2 Å². The molecule has 1 aliphatic rings. The molecule has 0 bridgehead atoms. The lowest BCUT2D eigenvalue weighted by Crippen LogP contribution is -2.38. The minimum absolute atomic E-state index is 0.193. The van der Waals surface area contributed by atoms with E-state index in [1.165, 1.54) is 24.6 Å². The Labute approximate surface area is 154 Å². The zero-order valence-electron chi connectivity index (χ0n) is 15.4. The van der Waals surface area contributed by atoms with Crippen molar-refractivity contribution >= 4 is 10.0 Å². The van der Waals surface area contributed by atoms with Gasteiger partial charge in [0, 0.05) is 18.7 Å². The molecular formula is C19H23NO5S. The van der Waals surface area contributed by atoms with E-state index < -0.39 is 10.0 Å². The zero-order valence-corrected chi connectivity index (χ0v) is 16.2. The number of hydrogen-bond acceptors (Lipinski definition) is 5. The standard InChI is InChI=1S/C19H23NO5S/c1-13-17-7-5-15(23-2)11-14(17)9-10-20(13)26(21,22)16-6-8-18(24-3)19(12-16)25-4/h5-8,11-13H,9-10H2,1-4H3. The van der Waals surface area contributed by atoms with Crippen molar-refractivity contribution in [3.8, 4) is 17.2 Å². The first-order valence-corrected chi connectivity index (χ1v) is 9.77. The van der Waals surface area contributed by atoms with Crippen LogP contribution >= 0.6 is 0 Å². The highest BCUT2D eigenvalue weighted by Crippen LogP contribution is 2.37. The highest BCUT2D eigenvalue weighted by Gasteiger charge is 2.34. The van der Waals surface area contributed by atoms with Gasteiger partial charge in [0.15, 0.2) is 11.5 Å². The topological polar surface area (TPSA) is 65.1 Å². The fourth-order valence-corrected chi connectivity index (χ4v) is 4.98. The lowest BCUT2D eigenvalue weighted by molar-refractivity contribution is 0.324. The fraction of sp³-hybridized carbons (Fsp3) is 0.368. The van der Waals surface area contributed by atoms with Crippen LogP contribution in [0.4, 0.5) is 0 Å². The molecule has 0 N–H and O–H groups in total. The summed E-state index contributed by atoms with van der Waals surface area (Å²) in [5.74, 6) is 1.67. The largest absolute Gasteiger partial charge is 0.497 e. The SMILES string of the molecule is COc1ccc2c(c1)CCN(S(=O)(=O)c1ccc(OC)c(OC)c1)C2C. The van der Waals surface area contributed by atoms with Gasteiger partial charge in [-0.05, 0) is 48.7 Å². The van der Waals surface area contributed by atoms with Crippen molar-refractivity contribution in [1.82, 2.24) is 4.31 Å². The van der Waals surface area contributed by atoms with Gasteiger partial charge in [-0.15, -0.1) is 0 Å². The fourth-order valence-electron chi connectivity index (χ4n) is 3.35. The van der Waals surface area contributed by atoms with Crippen LogP contribution in [0.2, 0.25) is 0 Å². The van der Waals surface area contributed by atoms with Gasteiger partial charge in [0.1, 0.15) is 5.75 Å². The third-order valence-electron chi connectivity index (χ3n) is 4.80. The van der Waals surface area contributed by atoms with E-state index in [9.17, 15) is 8.42 Å².